The minimum absolute atomic E-state index is 0.133. The van der Waals surface area contributed by atoms with E-state index < -0.39 is 0 Å². The lowest BCUT2D eigenvalue weighted by atomic mass is 9.99. The molecule has 4 heteroatoms. The second-order valence-corrected chi connectivity index (χ2v) is 3.85. The number of likely N-dealkylation sites (N-methyl/N-ethyl adjacent to an activating group) is 1. The van der Waals surface area contributed by atoms with Crippen LogP contribution in [-0.2, 0) is 0 Å². The molecule has 2 N–H and O–H groups in total. The molecule has 0 atom stereocenters. The number of aliphatic hydroxyl groups excluding tert-OH is 1. The Bertz CT molecular complexity index is 448. The van der Waals surface area contributed by atoms with Gasteiger partial charge in [0.15, 0.2) is 0 Å². The first-order valence-electron chi connectivity index (χ1n) is 4.95. The maximum atomic E-state index is 11.1. The Morgan fingerprint density at radius 2 is 2.33 bits per heavy atom. The highest BCUT2D eigenvalue weighted by molar-refractivity contribution is 5.67. The summed E-state index contributed by atoms with van der Waals surface area (Å²) >= 11 is 0. The first-order chi connectivity index (χ1) is 7.16. The van der Waals surface area contributed by atoms with Gasteiger partial charge >= 0.3 is 0 Å². The molecule has 1 aliphatic heterocycles. The maximum absolute atomic E-state index is 11.1. The van der Waals surface area contributed by atoms with E-state index in [1.54, 1.807) is 6.20 Å². The summed E-state index contributed by atoms with van der Waals surface area (Å²) in [5.41, 5.74) is 1.58. The standard InChI is InChI=1S/C11H14N2O2/c1-13-5-3-9(10(14)7-13)8-2-4-12-11(15)6-8/h2,4,6,14H,3,5,7H2,1H3,(H,12,15). The summed E-state index contributed by atoms with van der Waals surface area (Å²) in [7, 11) is 1.96. The van der Waals surface area contributed by atoms with E-state index in [0.717, 1.165) is 24.1 Å². The molecule has 1 aromatic rings. The van der Waals surface area contributed by atoms with Crippen molar-refractivity contribution in [3.05, 3.63) is 40.0 Å². The molecular weight excluding hydrogens is 192 g/mol. The van der Waals surface area contributed by atoms with Crippen molar-refractivity contribution < 1.29 is 5.11 Å². The number of nitrogens with one attached hydrogen (secondary N) is 1. The van der Waals surface area contributed by atoms with Crippen molar-refractivity contribution in [1.29, 1.82) is 0 Å². The van der Waals surface area contributed by atoms with Gasteiger partial charge in [-0.05, 0) is 30.7 Å². The van der Waals surface area contributed by atoms with Crippen molar-refractivity contribution >= 4 is 5.57 Å². The summed E-state index contributed by atoms with van der Waals surface area (Å²) in [6, 6.07) is 3.34. The molecule has 1 aromatic heterocycles. The second-order valence-electron chi connectivity index (χ2n) is 3.85. The Morgan fingerprint density at radius 1 is 1.53 bits per heavy atom. The Balaban J connectivity index is 2.39. The zero-order valence-corrected chi connectivity index (χ0v) is 8.66. The van der Waals surface area contributed by atoms with Crippen LogP contribution in [0, 0.1) is 0 Å². The molecule has 80 valence electrons. The van der Waals surface area contributed by atoms with Gasteiger partial charge in [-0.3, -0.25) is 9.69 Å². The van der Waals surface area contributed by atoms with Crippen molar-refractivity contribution in [1.82, 2.24) is 9.88 Å². The van der Waals surface area contributed by atoms with Gasteiger partial charge in [-0.15, -0.1) is 0 Å². The number of aromatic amines is 1. The van der Waals surface area contributed by atoms with Gasteiger partial charge in [0.25, 0.3) is 0 Å². The van der Waals surface area contributed by atoms with Gasteiger partial charge in [0.05, 0.1) is 6.54 Å². The van der Waals surface area contributed by atoms with E-state index in [9.17, 15) is 9.90 Å². The lowest BCUT2D eigenvalue weighted by Crippen LogP contribution is -2.27. The fraction of sp³-hybridized carbons (Fsp3) is 0.364. The molecule has 0 radical (unpaired) electrons. The van der Waals surface area contributed by atoms with Gasteiger partial charge < -0.3 is 10.1 Å². The van der Waals surface area contributed by atoms with E-state index in [2.05, 4.69) is 4.98 Å². The van der Waals surface area contributed by atoms with Crippen molar-refractivity contribution in [2.75, 3.05) is 20.1 Å². The van der Waals surface area contributed by atoms with E-state index >= 15 is 0 Å². The van der Waals surface area contributed by atoms with Gasteiger partial charge in [0.1, 0.15) is 5.76 Å². The van der Waals surface area contributed by atoms with Crippen LogP contribution in [0.2, 0.25) is 0 Å². The number of hydrogen-bond donors (Lipinski definition) is 2. The van der Waals surface area contributed by atoms with Crippen LogP contribution < -0.4 is 5.56 Å². The van der Waals surface area contributed by atoms with E-state index in [0.29, 0.717) is 12.3 Å². The molecular formula is C11H14N2O2. The number of aromatic nitrogens is 1. The normalized spacial score (nSPS) is 18.2. The third kappa shape index (κ3) is 2.10. The number of aliphatic hydroxyl groups is 1. The SMILES string of the molecule is CN1CCC(c2cc[nH]c(=O)c2)=C(O)C1. The van der Waals surface area contributed by atoms with E-state index in [4.69, 9.17) is 0 Å². The molecule has 0 saturated carbocycles. The summed E-state index contributed by atoms with van der Waals surface area (Å²) in [5.74, 6) is 0.370. The number of hydrogen-bond acceptors (Lipinski definition) is 3. The van der Waals surface area contributed by atoms with Crippen LogP contribution in [0.25, 0.3) is 5.57 Å². The summed E-state index contributed by atoms with van der Waals surface area (Å²) in [6.45, 7) is 1.47. The van der Waals surface area contributed by atoms with Crippen LogP contribution in [0.15, 0.2) is 28.9 Å². The molecule has 1 aliphatic rings. The van der Waals surface area contributed by atoms with Crippen molar-refractivity contribution in [3.63, 3.8) is 0 Å². The Kier molecular flexibility index (Phi) is 2.60. The molecule has 2 heterocycles. The van der Waals surface area contributed by atoms with Crippen LogP contribution in [0.4, 0.5) is 0 Å². The van der Waals surface area contributed by atoms with E-state index in [1.165, 1.54) is 6.07 Å². The Hall–Kier alpha value is -1.55. The van der Waals surface area contributed by atoms with Gasteiger partial charge in [-0.25, -0.2) is 0 Å². The van der Waals surface area contributed by atoms with Crippen LogP contribution >= 0.6 is 0 Å². The molecule has 0 fully saturated rings. The number of H-pyrrole nitrogens is 1. The molecule has 4 nitrogen and oxygen atoms in total. The minimum Gasteiger partial charge on any atom is -0.511 e. The van der Waals surface area contributed by atoms with E-state index in [1.807, 2.05) is 18.0 Å². The van der Waals surface area contributed by atoms with Gasteiger partial charge in [-0.1, -0.05) is 0 Å². The van der Waals surface area contributed by atoms with Crippen LogP contribution in [0.3, 0.4) is 0 Å². The summed E-state index contributed by atoms with van der Waals surface area (Å²) in [5, 5.41) is 9.81. The summed E-state index contributed by atoms with van der Waals surface area (Å²) in [4.78, 5) is 15.7. The number of pyridine rings is 1. The Labute approximate surface area is 87.9 Å². The van der Waals surface area contributed by atoms with E-state index in [-0.39, 0.29) is 5.56 Å². The lowest BCUT2D eigenvalue weighted by Gasteiger charge is -2.24. The second kappa shape index (κ2) is 3.90. The third-order valence-electron chi connectivity index (χ3n) is 2.64. The lowest BCUT2D eigenvalue weighted by molar-refractivity contribution is 0.278. The zero-order chi connectivity index (χ0) is 10.8. The summed E-state index contributed by atoms with van der Waals surface area (Å²) in [6.07, 6.45) is 2.39. The fourth-order valence-corrected chi connectivity index (χ4v) is 1.82. The molecule has 0 saturated heterocycles. The molecule has 0 bridgehead atoms. The monoisotopic (exact) mass is 206 g/mol. The quantitative estimate of drug-likeness (QED) is 0.720. The highest BCUT2D eigenvalue weighted by atomic mass is 16.3. The van der Waals surface area contributed by atoms with Crippen molar-refractivity contribution in [2.45, 2.75) is 6.42 Å². The van der Waals surface area contributed by atoms with Crippen molar-refractivity contribution in [3.8, 4) is 0 Å². The minimum atomic E-state index is -0.133. The first-order valence-corrected chi connectivity index (χ1v) is 4.95. The topological polar surface area (TPSA) is 56.3 Å². The highest BCUT2D eigenvalue weighted by Gasteiger charge is 2.16. The zero-order valence-electron chi connectivity index (χ0n) is 8.66. The summed E-state index contributed by atoms with van der Waals surface area (Å²) < 4.78 is 0. The average molecular weight is 206 g/mol. The molecule has 2 rings (SSSR count). The smallest absolute Gasteiger partial charge is 0.248 e. The van der Waals surface area contributed by atoms with Gasteiger partial charge in [0.2, 0.25) is 5.56 Å². The van der Waals surface area contributed by atoms with Crippen LogP contribution in [0.1, 0.15) is 12.0 Å². The predicted molar refractivity (Wildman–Crippen MR) is 58.7 cm³/mol. The predicted octanol–water partition coefficient (Wildman–Crippen LogP) is 0.980. The molecule has 0 unspecified atom stereocenters. The van der Waals surface area contributed by atoms with Crippen LogP contribution in [-0.4, -0.2) is 35.1 Å². The molecule has 0 spiro atoms. The largest absolute Gasteiger partial charge is 0.511 e. The van der Waals surface area contributed by atoms with Crippen LogP contribution in [0.5, 0.6) is 0 Å². The maximum Gasteiger partial charge on any atom is 0.248 e. The highest BCUT2D eigenvalue weighted by Crippen LogP contribution is 2.24. The molecule has 0 amide bonds. The molecule has 0 aromatic carbocycles. The fourth-order valence-electron chi connectivity index (χ4n) is 1.82. The first kappa shape index (κ1) is 9.98. The Morgan fingerprint density at radius 3 is 3.00 bits per heavy atom. The van der Waals surface area contributed by atoms with Gasteiger partial charge in [0, 0.05) is 18.8 Å². The average Bonchev–Trinajstić information content (AvgIpc) is 2.17. The molecule has 15 heavy (non-hydrogen) atoms. The van der Waals surface area contributed by atoms with Crippen molar-refractivity contribution in [2.24, 2.45) is 0 Å². The number of nitrogens with zero attached hydrogens (tertiary/aromatic N) is 1. The van der Waals surface area contributed by atoms with Gasteiger partial charge in [-0.2, -0.15) is 0 Å². The molecule has 0 aliphatic carbocycles. The third-order valence-corrected chi connectivity index (χ3v) is 2.64. The number of rotatable bonds is 1.